The molecule has 1 N–H and O–H groups in total. The van der Waals surface area contributed by atoms with Crippen LogP contribution in [0.25, 0.3) is 10.9 Å². The maximum atomic E-state index is 14.2. The van der Waals surface area contributed by atoms with E-state index < -0.39 is 24.0 Å². The van der Waals surface area contributed by atoms with Gasteiger partial charge in [-0.3, -0.25) is 0 Å². The van der Waals surface area contributed by atoms with Crippen LogP contribution in [-0.2, 0) is 0 Å². The number of benzene rings is 2. The van der Waals surface area contributed by atoms with Crippen molar-refractivity contribution in [1.82, 2.24) is 9.97 Å². The summed E-state index contributed by atoms with van der Waals surface area (Å²) >= 11 is 6.15. The van der Waals surface area contributed by atoms with Gasteiger partial charge in [-0.25, -0.2) is 14.4 Å². The molecule has 2 aromatic carbocycles. The first-order chi connectivity index (χ1) is 14.2. The van der Waals surface area contributed by atoms with Crippen molar-refractivity contribution in [3.8, 4) is 0 Å². The Kier molecular flexibility index (Phi) is 5.34. The zero-order valence-electron chi connectivity index (χ0n) is 16.4. The monoisotopic (exact) mass is 437 g/mol. The third-order valence-corrected chi connectivity index (χ3v) is 6.01. The topological polar surface area (TPSA) is 37.8 Å². The molecule has 0 fully saturated rings. The number of fused-ring (bicyclic) bond motifs is 2. The zero-order chi connectivity index (χ0) is 21.6. The fraction of sp³-hybridized carbons (Fsp3) is 0.364. The molecule has 1 aliphatic rings. The van der Waals surface area contributed by atoms with Gasteiger partial charge in [-0.05, 0) is 55.0 Å². The minimum Gasteiger partial charge on any atom is -0.377 e. The van der Waals surface area contributed by atoms with Crippen LogP contribution >= 0.6 is 11.6 Å². The lowest BCUT2D eigenvalue weighted by Gasteiger charge is -2.40. The van der Waals surface area contributed by atoms with Crippen LogP contribution in [0.2, 0.25) is 5.02 Å². The van der Waals surface area contributed by atoms with Gasteiger partial charge in [-0.2, -0.15) is 13.2 Å². The number of hydrogen-bond acceptors (Lipinski definition) is 3. The summed E-state index contributed by atoms with van der Waals surface area (Å²) in [7, 11) is 0. The zero-order valence-corrected chi connectivity index (χ0v) is 17.2. The Labute approximate surface area is 176 Å². The molecule has 3 nitrogen and oxygen atoms in total. The lowest BCUT2D eigenvalue weighted by molar-refractivity contribution is -0.184. The van der Waals surface area contributed by atoms with E-state index in [1.54, 1.807) is 25.1 Å². The molecule has 0 aliphatic heterocycles. The van der Waals surface area contributed by atoms with Crippen LogP contribution in [0, 0.1) is 18.7 Å². The lowest BCUT2D eigenvalue weighted by Crippen LogP contribution is -2.38. The van der Waals surface area contributed by atoms with E-state index in [1.165, 1.54) is 18.3 Å². The Balaban J connectivity index is 1.87. The molecule has 8 heteroatoms. The number of aromatic nitrogens is 2. The predicted octanol–water partition coefficient (Wildman–Crippen LogP) is 6.96. The molecule has 0 saturated heterocycles. The molecule has 1 aromatic heterocycles. The lowest BCUT2D eigenvalue weighted by atomic mass is 9.72. The molecular formula is C22H20ClF4N3. The van der Waals surface area contributed by atoms with E-state index in [2.05, 4.69) is 15.3 Å². The number of anilines is 1. The number of aryl methyl sites for hydroxylation is 1. The minimum absolute atomic E-state index is 0.0465. The van der Waals surface area contributed by atoms with Gasteiger partial charge in [0.2, 0.25) is 0 Å². The molecule has 3 aromatic rings. The van der Waals surface area contributed by atoms with Crippen LogP contribution in [0.3, 0.4) is 0 Å². The van der Waals surface area contributed by atoms with Crippen molar-refractivity contribution in [2.75, 3.05) is 5.32 Å². The van der Waals surface area contributed by atoms with Crippen LogP contribution < -0.4 is 5.32 Å². The highest BCUT2D eigenvalue weighted by Gasteiger charge is 2.49. The van der Waals surface area contributed by atoms with E-state index >= 15 is 0 Å². The molecule has 158 valence electrons. The van der Waals surface area contributed by atoms with Gasteiger partial charge in [0.25, 0.3) is 0 Å². The molecular weight excluding hydrogens is 418 g/mol. The van der Waals surface area contributed by atoms with Gasteiger partial charge in [0, 0.05) is 28.4 Å². The van der Waals surface area contributed by atoms with Gasteiger partial charge in [0.15, 0.2) is 0 Å². The van der Waals surface area contributed by atoms with Gasteiger partial charge in [0.05, 0.1) is 17.5 Å². The first kappa shape index (κ1) is 20.8. The van der Waals surface area contributed by atoms with Crippen LogP contribution in [0.15, 0.2) is 36.5 Å². The summed E-state index contributed by atoms with van der Waals surface area (Å²) in [6.45, 7) is 3.55. The van der Waals surface area contributed by atoms with E-state index in [9.17, 15) is 17.6 Å². The summed E-state index contributed by atoms with van der Waals surface area (Å²) in [5, 5.41) is 3.79. The van der Waals surface area contributed by atoms with Gasteiger partial charge in [-0.1, -0.05) is 24.6 Å². The average molecular weight is 438 g/mol. The quantitative estimate of drug-likeness (QED) is 0.450. The van der Waals surface area contributed by atoms with Crippen LogP contribution in [0.5, 0.6) is 0 Å². The maximum absolute atomic E-state index is 14.2. The van der Waals surface area contributed by atoms with Gasteiger partial charge < -0.3 is 5.32 Å². The molecule has 1 aliphatic carbocycles. The Morgan fingerprint density at radius 2 is 1.93 bits per heavy atom. The first-order valence-electron chi connectivity index (χ1n) is 9.73. The molecule has 0 saturated carbocycles. The van der Waals surface area contributed by atoms with Crippen molar-refractivity contribution in [2.24, 2.45) is 5.92 Å². The molecule has 0 radical (unpaired) electrons. The Hall–Kier alpha value is -2.41. The van der Waals surface area contributed by atoms with Crippen LogP contribution in [0.4, 0.5) is 23.2 Å². The summed E-state index contributed by atoms with van der Waals surface area (Å²) < 4.78 is 56.5. The molecule has 30 heavy (non-hydrogen) atoms. The summed E-state index contributed by atoms with van der Waals surface area (Å²) in [4.78, 5) is 8.33. The molecule has 4 rings (SSSR count). The van der Waals surface area contributed by atoms with Crippen molar-refractivity contribution >= 4 is 28.2 Å². The maximum Gasteiger partial charge on any atom is 0.394 e. The molecule has 0 bridgehead atoms. The highest BCUT2D eigenvalue weighted by Crippen LogP contribution is 2.51. The van der Waals surface area contributed by atoms with Crippen molar-refractivity contribution in [2.45, 2.75) is 44.8 Å². The Bertz CT molecular complexity index is 1090. The SMILES string of the molecule is CC[C@@H]1C[C@@H](C(F)(F)F)[C@H](Nc2cc(F)cc3nc(C)ncc23)c2cc(Cl)ccc21. The molecule has 3 atom stereocenters. The average Bonchev–Trinajstić information content (AvgIpc) is 2.66. The Morgan fingerprint density at radius 1 is 1.17 bits per heavy atom. The third kappa shape index (κ3) is 3.83. The molecule has 0 spiro atoms. The normalized spacial score (nSPS) is 21.5. The standard InChI is InChI=1S/C22H20ClF4N3/c1-3-12-6-18(22(25,26)27)21(16-7-13(23)4-5-15(12)16)30-20-9-14(24)8-19-17(20)10-28-11(2)29-19/h4-5,7-10,12,18,21,30H,3,6H2,1-2H3/t12-,18-,21-/m1/s1. The highest BCUT2D eigenvalue weighted by atomic mass is 35.5. The summed E-state index contributed by atoms with van der Waals surface area (Å²) in [5.74, 6) is -2.00. The van der Waals surface area contributed by atoms with E-state index in [-0.39, 0.29) is 18.0 Å². The van der Waals surface area contributed by atoms with E-state index in [4.69, 9.17) is 11.6 Å². The van der Waals surface area contributed by atoms with Gasteiger partial charge >= 0.3 is 6.18 Å². The fourth-order valence-corrected chi connectivity index (χ4v) is 4.52. The summed E-state index contributed by atoms with van der Waals surface area (Å²) in [5.41, 5.74) is 1.90. The van der Waals surface area contributed by atoms with Crippen LogP contribution in [-0.4, -0.2) is 16.1 Å². The number of nitrogens with zero attached hydrogens (tertiary/aromatic N) is 2. The van der Waals surface area contributed by atoms with Crippen molar-refractivity contribution in [1.29, 1.82) is 0 Å². The smallest absolute Gasteiger partial charge is 0.377 e. The molecule has 0 amide bonds. The minimum atomic E-state index is -4.43. The predicted molar refractivity (Wildman–Crippen MR) is 109 cm³/mol. The summed E-state index contributed by atoms with van der Waals surface area (Å²) in [6.07, 6.45) is -2.39. The van der Waals surface area contributed by atoms with Crippen LogP contribution in [0.1, 0.15) is 48.7 Å². The second-order valence-corrected chi connectivity index (χ2v) is 8.12. The second-order valence-electron chi connectivity index (χ2n) is 7.69. The third-order valence-electron chi connectivity index (χ3n) is 5.77. The first-order valence-corrected chi connectivity index (χ1v) is 10.1. The van der Waals surface area contributed by atoms with E-state index in [0.717, 1.165) is 5.56 Å². The van der Waals surface area contributed by atoms with Crippen molar-refractivity contribution in [3.05, 3.63) is 64.3 Å². The van der Waals surface area contributed by atoms with E-state index in [1.807, 2.05) is 6.92 Å². The van der Waals surface area contributed by atoms with Gasteiger partial charge in [-0.15, -0.1) is 0 Å². The molecule has 1 heterocycles. The summed E-state index contributed by atoms with van der Waals surface area (Å²) in [6, 6.07) is 6.40. The number of nitrogens with one attached hydrogen (secondary N) is 1. The number of halogens is 5. The van der Waals surface area contributed by atoms with Gasteiger partial charge in [0.1, 0.15) is 11.6 Å². The van der Waals surface area contributed by atoms with Crippen molar-refractivity contribution in [3.63, 3.8) is 0 Å². The largest absolute Gasteiger partial charge is 0.394 e. The number of rotatable bonds is 3. The number of hydrogen-bond donors (Lipinski definition) is 1. The second kappa shape index (κ2) is 7.69. The Morgan fingerprint density at radius 3 is 2.63 bits per heavy atom. The van der Waals surface area contributed by atoms with E-state index in [0.29, 0.717) is 33.7 Å². The van der Waals surface area contributed by atoms with Crippen molar-refractivity contribution < 1.29 is 17.6 Å². The fourth-order valence-electron chi connectivity index (χ4n) is 4.34. The number of alkyl halides is 3. The highest BCUT2D eigenvalue weighted by molar-refractivity contribution is 6.30. The molecule has 0 unspecified atom stereocenters.